The van der Waals surface area contributed by atoms with E-state index in [1.807, 2.05) is 19.9 Å². The number of allylic oxidation sites excluding steroid dienone is 4. The molecule has 0 atom stereocenters. The van der Waals surface area contributed by atoms with E-state index in [0.29, 0.717) is 6.42 Å². The van der Waals surface area contributed by atoms with E-state index < -0.39 is 0 Å². The van der Waals surface area contributed by atoms with Gasteiger partial charge in [-0.3, -0.25) is 4.79 Å². The molecule has 1 heteroatoms. The van der Waals surface area contributed by atoms with E-state index >= 15 is 0 Å². The summed E-state index contributed by atoms with van der Waals surface area (Å²) in [5.74, 6) is 0.189. The van der Waals surface area contributed by atoms with Crippen molar-refractivity contribution in [1.29, 1.82) is 0 Å². The predicted octanol–water partition coefficient (Wildman–Crippen LogP) is 2.88. The number of hydrogen-bond acceptors (Lipinski definition) is 1. The fourth-order valence-corrected chi connectivity index (χ4v) is 0.732. The number of ketones is 1. The Hall–Kier alpha value is -0.850. The van der Waals surface area contributed by atoms with Crippen LogP contribution in [0, 0.1) is 0 Å². The van der Waals surface area contributed by atoms with Gasteiger partial charge >= 0.3 is 0 Å². The maximum atomic E-state index is 10.8. The van der Waals surface area contributed by atoms with Crippen LogP contribution in [0.5, 0.6) is 0 Å². The summed E-state index contributed by atoms with van der Waals surface area (Å²) in [6.07, 6.45) is 7.22. The molecule has 0 rings (SSSR count). The molecule has 0 aromatic rings. The molecule has 0 radical (unpaired) electrons. The van der Waals surface area contributed by atoms with Crippen LogP contribution < -0.4 is 0 Å². The molecular formula is C10H16O. The van der Waals surface area contributed by atoms with Crippen molar-refractivity contribution in [3.05, 3.63) is 23.8 Å². The quantitative estimate of drug-likeness (QED) is 0.447. The van der Waals surface area contributed by atoms with Crippen LogP contribution in [0.25, 0.3) is 0 Å². The van der Waals surface area contributed by atoms with Gasteiger partial charge in [0.2, 0.25) is 0 Å². The second-order valence-electron chi connectivity index (χ2n) is 2.51. The van der Waals surface area contributed by atoms with Crippen molar-refractivity contribution in [2.45, 2.75) is 33.6 Å². The Morgan fingerprint density at radius 3 is 2.36 bits per heavy atom. The van der Waals surface area contributed by atoms with E-state index in [0.717, 1.165) is 12.0 Å². The lowest BCUT2D eigenvalue weighted by atomic mass is 10.2. The standard InChI is InChI=1S/C10H16O/c1-4-6-9(3)7-8-10(11)5-2/h6-8H,4-5H2,1-3H3/b8-7+,9-6+. The summed E-state index contributed by atoms with van der Waals surface area (Å²) in [5, 5.41) is 0. The van der Waals surface area contributed by atoms with E-state index in [1.54, 1.807) is 6.08 Å². The van der Waals surface area contributed by atoms with Crippen LogP contribution >= 0.6 is 0 Å². The Balaban J connectivity index is 3.92. The predicted molar refractivity (Wildman–Crippen MR) is 48.5 cm³/mol. The van der Waals surface area contributed by atoms with Gasteiger partial charge in [0.25, 0.3) is 0 Å². The molecule has 0 fully saturated rings. The minimum atomic E-state index is 0.189. The van der Waals surface area contributed by atoms with Crippen LogP contribution in [0.2, 0.25) is 0 Å². The smallest absolute Gasteiger partial charge is 0.155 e. The highest BCUT2D eigenvalue weighted by Crippen LogP contribution is 1.97. The summed E-state index contributed by atoms with van der Waals surface area (Å²) in [6, 6.07) is 0. The Labute approximate surface area is 68.8 Å². The maximum Gasteiger partial charge on any atom is 0.155 e. The Morgan fingerprint density at radius 1 is 1.27 bits per heavy atom. The van der Waals surface area contributed by atoms with Gasteiger partial charge in [-0.25, -0.2) is 0 Å². The van der Waals surface area contributed by atoms with E-state index in [9.17, 15) is 4.79 Å². The fourth-order valence-electron chi connectivity index (χ4n) is 0.732. The van der Waals surface area contributed by atoms with Crippen molar-refractivity contribution in [2.24, 2.45) is 0 Å². The van der Waals surface area contributed by atoms with E-state index in [-0.39, 0.29) is 5.78 Å². The van der Waals surface area contributed by atoms with Crippen LogP contribution in [0.15, 0.2) is 23.8 Å². The summed E-state index contributed by atoms with van der Waals surface area (Å²) in [7, 11) is 0. The fraction of sp³-hybridized carbons (Fsp3) is 0.500. The van der Waals surface area contributed by atoms with Crippen molar-refractivity contribution in [2.75, 3.05) is 0 Å². The van der Waals surface area contributed by atoms with Crippen molar-refractivity contribution in [1.82, 2.24) is 0 Å². The Kier molecular flexibility index (Phi) is 5.44. The molecule has 0 aliphatic carbocycles. The number of carbonyl (C=O) groups excluding carboxylic acids is 1. The maximum absolute atomic E-state index is 10.8. The average Bonchev–Trinajstić information content (AvgIpc) is 2.01. The van der Waals surface area contributed by atoms with Gasteiger partial charge in [0.1, 0.15) is 0 Å². The van der Waals surface area contributed by atoms with Crippen molar-refractivity contribution >= 4 is 5.78 Å². The molecule has 0 spiro atoms. The minimum Gasteiger partial charge on any atom is -0.295 e. The lowest BCUT2D eigenvalue weighted by Crippen LogP contribution is -1.86. The van der Waals surface area contributed by atoms with Gasteiger partial charge < -0.3 is 0 Å². The van der Waals surface area contributed by atoms with Crippen LogP contribution in [0.3, 0.4) is 0 Å². The average molecular weight is 152 g/mol. The lowest BCUT2D eigenvalue weighted by molar-refractivity contribution is -0.114. The Morgan fingerprint density at radius 2 is 1.91 bits per heavy atom. The highest BCUT2D eigenvalue weighted by molar-refractivity contribution is 5.89. The molecule has 0 heterocycles. The first-order valence-corrected chi connectivity index (χ1v) is 4.08. The summed E-state index contributed by atoms with van der Waals surface area (Å²) in [5.41, 5.74) is 1.16. The van der Waals surface area contributed by atoms with Crippen LogP contribution in [-0.2, 0) is 4.79 Å². The third kappa shape index (κ3) is 5.59. The zero-order valence-electron chi connectivity index (χ0n) is 7.55. The van der Waals surface area contributed by atoms with Crippen LogP contribution in [0.4, 0.5) is 0 Å². The molecular weight excluding hydrogens is 136 g/mol. The largest absolute Gasteiger partial charge is 0.295 e. The van der Waals surface area contributed by atoms with Gasteiger partial charge in [-0.1, -0.05) is 31.6 Å². The van der Waals surface area contributed by atoms with Gasteiger partial charge in [0.05, 0.1) is 0 Å². The Bertz CT molecular complexity index is 175. The first kappa shape index (κ1) is 10.2. The van der Waals surface area contributed by atoms with E-state index in [4.69, 9.17) is 0 Å². The van der Waals surface area contributed by atoms with Crippen LogP contribution in [-0.4, -0.2) is 5.78 Å². The lowest BCUT2D eigenvalue weighted by Gasteiger charge is -1.88. The molecule has 11 heavy (non-hydrogen) atoms. The molecule has 0 aromatic heterocycles. The molecule has 0 aliphatic heterocycles. The highest BCUT2D eigenvalue weighted by atomic mass is 16.1. The highest BCUT2D eigenvalue weighted by Gasteiger charge is 1.88. The summed E-state index contributed by atoms with van der Waals surface area (Å²) in [6.45, 7) is 5.95. The molecule has 1 nitrogen and oxygen atoms in total. The van der Waals surface area contributed by atoms with E-state index in [2.05, 4.69) is 13.0 Å². The first-order chi connectivity index (χ1) is 5.20. The number of rotatable bonds is 4. The van der Waals surface area contributed by atoms with E-state index in [1.165, 1.54) is 0 Å². The first-order valence-electron chi connectivity index (χ1n) is 4.08. The third-order valence-corrected chi connectivity index (χ3v) is 1.41. The van der Waals surface area contributed by atoms with Gasteiger partial charge in [-0.2, -0.15) is 0 Å². The molecule has 0 saturated heterocycles. The minimum absolute atomic E-state index is 0.189. The molecule has 0 aliphatic rings. The second-order valence-corrected chi connectivity index (χ2v) is 2.51. The molecule has 0 unspecified atom stereocenters. The van der Waals surface area contributed by atoms with Crippen molar-refractivity contribution in [3.8, 4) is 0 Å². The number of hydrogen-bond donors (Lipinski definition) is 0. The normalized spacial score (nSPS) is 12.5. The summed E-state index contributed by atoms with van der Waals surface area (Å²) in [4.78, 5) is 10.8. The monoisotopic (exact) mass is 152 g/mol. The molecule has 0 bridgehead atoms. The van der Waals surface area contributed by atoms with Gasteiger partial charge in [-0.05, 0) is 19.4 Å². The van der Waals surface area contributed by atoms with Crippen LogP contribution in [0.1, 0.15) is 33.6 Å². The third-order valence-electron chi connectivity index (χ3n) is 1.41. The second kappa shape index (κ2) is 5.90. The molecule has 0 saturated carbocycles. The molecule has 0 aromatic carbocycles. The molecule has 0 amide bonds. The topological polar surface area (TPSA) is 17.1 Å². The summed E-state index contributed by atoms with van der Waals surface area (Å²) < 4.78 is 0. The summed E-state index contributed by atoms with van der Waals surface area (Å²) >= 11 is 0. The van der Waals surface area contributed by atoms with Gasteiger partial charge in [-0.15, -0.1) is 0 Å². The molecule has 62 valence electrons. The van der Waals surface area contributed by atoms with Gasteiger partial charge in [0.15, 0.2) is 5.78 Å². The zero-order valence-corrected chi connectivity index (χ0v) is 7.55. The molecule has 0 N–H and O–H groups in total. The van der Waals surface area contributed by atoms with Crippen molar-refractivity contribution in [3.63, 3.8) is 0 Å². The van der Waals surface area contributed by atoms with Gasteiger partial charge in [0, 0.05) is 6.42 Å². The van der Waals surface area contributed by atoms with Crippen molar-refractivity contribution < 1.29 is 4.79 Å². The SMILES string of the molecule is CC/C=C(C)/C=C/C(=O)CC. The zero-order chi connectivity index (χ0) is 8.69. The number of carbonyl (C=O) groups is 1.